The Morgan fingerprint density at radius 3 is 2.53 bits per heavy atom. The summed E-state index contributed by atoms with van der Waals surface area (Å²) in [4.78, 5) is 2.54. The smallest absolute Gasteiger partial charge is 0.161 e. The lowest BCUT2D eigenvalue weighted by Crippen LogP contribution is -2.40. The van der Waals surface area contributed by atoms with E-state index in [0.29, 0.717) is 25.0 Å². The van der Waals surface area contributed by atoms with Crippen LogP contribution in [0.2, 0.25) is 0 Å². The number of likely N-dealkylation sites (tertiary alicyclic amines) is 1. The van der Waals surface area contributed by atoms with Crippen LogP contribution in [0.15, 0.2) is 18.2 Å². The van der Waals surface area contributed by atoms with Crippen LogP contribution in [-0.2, 0) is 0 Å². The molecule has 0 aliphatic carbocycles. The topological polar surface area (TPSA) is 21.7 Å². The van der Waals surface area contributed by atoms with E-state index >= 15 is 0 Å². The molecule has 2 aliphatic heterocycles. The number of hydrogen-bond acceptors (Lipinski definition) is 3. The Bertz CT molecular complexity index is 442. The number of nitrogens with zero attached hydrogens (tertiary/aromatic N) is 1. The molecule has 0 bridgehead atoms. The summed E-state index contributed by atoms with van der Waals surface area (Å²) in [5, 5.41) is 0. The molecule has 3 rings (SSSR count). The van der Waals surface area contributed by atoms with Crippen molar-refractivity contribution in [2.45, 2.75) is 26.2 Å². The summed E-state index contributed by atoms with van der Waals surface area (Å²) >= 11 is 0. The molecule has 19 heavy (non-hydrogen) atoms. The molecule has 3 nitrogen and oxygen atoms in total. The van der Waals surface area contributed by atoms with Gasteiger partial charge in [0.25, 0.3) is 0 Å². The van der Waals surface area contributed by atoms with Crippen molar-refractivity contribution in [2.75, 3.05) is 32.8 Å². The van der Waals surface area contributed by atoms with Crippen molar-refractivity contribution in [3.05, 3.63) is 23.8 Å². The van der Waals surface area contributed by atoms with Gasteiger partial charge in [-0.15, -0.1) is 0 Å². The Hall–Kier alpha value is -1.22. The molecule has 1 aromatic rings. The molecule has 1 aromatic carbocycles. The molecule has 2 atom stereocenters. The van der Waals surface area contributed by atoms with Gasteiger partial charge in [0.2, 0.25) is 0 Å². The van der Waals surface area contributed by atoms with E-state index in [4.69, 9.17) is 9.47 Å². The van der Waals surface area contributed by atoms with Crippen molar-refractivity contribution in [1.82, 2.24) is 4.90 Å². The number of hydrogen-bond donors (Lipinski definition) is 0. The van der Waals surface area contributed by atoms with E-state index in [2.05, 4.69) is 36.9 Å². The maximum absolute atomic E-state index is 5.67. The third-order valence-electron chi connectivity index (χ3n) is 4.44. The van der Waals surface area contributed by atoms with Gasteiger partial charge in [-0.3, -0.25) is 0 Å². The quantitative estimate of drug-likeness (QED) is 0.832. The summed E-state index contributed by atoms with van der Waals surface area (Å²) in [7, 11) is 0. The van der Waals surface area contributed by atoms with Crippen LogP contribution in [0.25, 0.3) is 0 Å². The van der Waals surface area contributed by atoms with E-state index in [0.717, 1.165) is 11.5 Å². The van der Waals surface area contributed by atoms with E-state index in [9.17, 15) is 0 Å². The lowest BCUT2D eigenvalue weighted by atomic mass is 9.87. The minimum Gasteiger partial charge on any atom is -0.486 e. The van der Waals surface area contributed by atoms with Gasteiger partial charge in [-0.1, -0.05) is 19.9 Å². The Kier molecular flexibility index (Phi) is 3.65. The standard InChI is InChI=1S/C16H23NO2/c1-12(11-17-6-3-7-17)13(2)14-4-5-15-16(10-14)19-9-8-18-15/h4-5,10,12-13H,3,6-9,11H2,1-2H3. The van der Waals surface area contributed by atoms with E-state index in [1.54, 1.807) is 0 Å². The molecule has 3 heteroatoms. The molecule has 0 spiro atoms. The van der Waals surface area contributed by atoms with Crippen molar-refractivity contribution >= 4 is 0 Å². The average molecular weight is 261 g/mol. The van der Waals surface area contributed by atoms with E-state index in [1.807, 2.05) is 0 Å². The number of ether oxygens (including phenoxy) is 2. The lowest BCUT2D eigenvalue weighted by Gasteiger charge is -2.35. The minimum atomic E-state index is 0.552. The van der Waals surface area contributed by atoms with Crippen LogP contribution in [0.1, 0.15) is 31.7 Å². The Morgan fingerprint density at radius 2 is 1.84 bits per heavy atom. The fraction of sp³-hybridized carbons (Fsp3) is 0.625. The van der Waals surface area contributed by atoms with Crippen LogP contribution in [0, 0.1) is 5.92 Å². The Morgan fingerprint density at radius 1 is 1.11 bits per heavy atom. The van der Waals surface area contributed by atoms with Crippen molar-refractivity contribution < 1.29 is 9.47 Å². The Labute approximate surface area is 115 Å². The van der Waals surface area contributed by atoms with Gasteiger partial charge in [0, 0.05) is 6.54 Å². The van der Waals surface area contributed by atoms with Crippen LogP contribution in [0.3, 0.4) is 0 Å². The van der Waals surface area contributed by atoms with Crippen LogP contribution >= 0.6 is 0 Å². The van der Waals surface area contributed by atoms with Gasteiger partial charge in [-0.05, 0) is 49.0 Å². The molecule has 2 unspecified atom stereocenters. The average Bonchev–Trinajstić information content (AvgIpc) is 2.41. The van der Waals surface area contributed by atoms with Crippen molar-refractivity contribution in [3.8, 4) is 11.5 Å². The zero-order chi connectivity index (χ0) is 13.2. The highest BCUT2D eigenvalue weighted by atomic mass is 16.6. The van der Waals surface area contributed by atoms with E-state index in [1.165, 1.54) is 31.6 Å². The molecule has 1 saturated heterocycles. The van der Waals surface area contributed by atoms with E-state index in [-0.39, 0.29) is 0 Å². The minimum absolute atomic E-state index is 0.552. The van der Waals surface area contributed by atoms with Crippen LogP contribution in [-0.4, -0.2) is 37.7 Å². The van der Waals surface area contributed by atoms with E-state index < -0.39 is 0 Å². The molecule has 104 valence electrons. The molecule has 0 radical (unpaired) electrons. The van der Waals surface area contributed by atoms with Crippen molar-refractivity contribution in [2.24, 2.45) is 5.92 Å². The lowest BCUT2D eigenvalue weighted by molar-refractivity contribution is 0.149. The first-order valence-corrected chi connectivity index (χ1v) is 7.36. The first kappa shape index (κ1) is 12.8. The summed E-state index contributed by atoms with van der Waals surface area (Å²) in [5.74, 6) is 3.02. The summed E-state index contributed by atoms with van der Waals surface area (Å²) < 4.78 is 11.2. The number of fused-ring (bicyclic) bond motifs is 1. The summed E-state index contributed by atoms with van der Waals surface area (Å²) in [6.07, 6.45) is 1.37. The highest BCUT2D eigenvalue weighted by molar-refractivity contribution is 5.44. The Balaban J connectivity index is 1.69. The van der Waals surface area contributed by atoms with Gasteiger partial charge in [0.1, 0.15) is 13.2 Å². The molecular weight excluding hydrogens is 238 g/mol. The normalized spacial score (nSPS) is 21.6. The molecule has 0 saturated carbocycles. The first-order valence-electron chi connectivity index (χ1n) is 7.36. The van der Waals surface area contributed by atoms with Gasteiger partial charge < -0.3 is 14.4 Å². The highest BCUT2D eigenvalue weighted by Gasteiger charge is 2.22. The molecule has 2 aliphatic rings. The number of rotatable bonds is 4. The summed E-state index contributed by atoms with van der Waals surface area (Å²) in [6, 6.07) is 6.40. The molecule has 0 amide bonds. The highest BCUT2D eigenvalue weighted by Crippen LogP contribution is 2.35. The summed E-state index contributed by atoms with van der Waals surface area (Å²) in [6.45, 7) is 9.74. The van der Waals surface area contributed by atoms with Gasteiger partial charge in [-0.25, -0.2) is 0 Å². The SMILES string of the molecule is CC(CN1CCC1)C(C)c1ccc2c(c1)OCCO2. The van der Waals surface area contributed by atoms with Crippen molar-refractivity contribution in [1.29, 1.82) is 0 Å². The fourth-order valence-electron chi connectivity index (χ4n) is 2.80. The van der Waals surface area contributed by atoms with Gasteiger partial charge in [-0.2, -0.15) is 0 Å². The third-order valence-corrected chi connectivity index (χ3v) is 4.44. The predicted octanol–water partition coefficient (Wildman–Crippen LogP) is 2.90. The second kappa shape index (κ2) is 5.41. The molecular formula is C16H23NO2. The molecule has 0 aromatic heterocycles. The van der Waals surface area contributed by atoms with Crippen LogP contribution < -0.4 is 9.47 Å². The molecule has 0 N–H and O–H groups in total. The maximum Gasteiger partial charge on any atom is 0.161 e. The first-order chi connectivity index (χ1) is 9.24. The fourth-order valence-corrected chi connectivity index (χ4v) is 2.80. The van der Waals surface area contributed by atoms with Crippen LogP contribution in [0.5, 0.6) is 11.5 Å². The molecule has 2 heterocycles. The second-order valence-corrected chi connectivity index (χ2v) is 5.82. The summed E-state index contributed by atoms with van der Waals surface area (Å²) in [5.41, 5.74) is 1.36. The maximum atomic E-state index is 5.67. The third kappa shape index (κ3) is 2.71. The predicted molar refractivity (Wildman–Crippen MR) is 76.1 cm³/mol. The van der Waals surface area contributed by atoms with Crippen LogP contribution in [0.4, 0.5) is 0 Å². The largest absolute Gasteiger partial charge is 0.486 e. The van der Waals surface area contributed by atoms with Gasteiger partial charge >= 0.3 is 0 Å². The monoisotopic (exact) mass is 261 g/mol. The van der Waals surface area contributed by atoms with Crippen molar-refractivity contribution in [3.63, 3.8) is 0 Å². The second-order valence-electron chi connectivity index (χ2n) is 5.82. The zero-order valence-electron chi connectivity index (χ0n) is 11.9. The van der Waals surface area contributed by atoms with Gasteiger partial charge in [0.05, 0.1) is 0 Å². The zero-order valence-corrected chi connectivity index (χ0v) is 11.9. The number of benzene rings is 1. The molecule has 1 fully saturated rings. The van der Waals surface area contributed by atoms with Gasteiger partial charge in [0.15, 0.2) is 11.5 Å².